The minimum atomic E-state index is -0.915. The van der Waals surface area contributed by atoms with E-state index in [-0.39, 0.29) is 16.9 Å². The van der Waals surface area contributed by atoms with E-state index in [9.17, 15) is 14.7 Å². The number of aromatic nitrogens is 1. The minimum absolute atomic E-state index is 0.0665. The zero-order chi connectivity index (χ0) is 24.4. The second-order valence-corrected chi connectivity index (χ2v) is 8.24. The molecule has 1 amide bonds. The summed E-state index contributed by atoms with van der Waals surface area (Å²) < 4.78 is 10.7. The summed E-state index contributed by atoms with van der Waals surface area (Å²) in [4.78, 5) is 32.4. The van der Waals surface area contributed by atoms with Gasteiger partial charge >= 0.3 is 0 Å². The lowest BCUT2D eigenvalue weighted by Crippen LogP contribution is -2.29. The van der Waals surface area contributed by atoms with Gasteiger partial charge in [-0.3, -0.25) is 19.5 Å². The number of carbonyl (C=O) groups excluding carboxylic acids is 2. The van der Waals surface area contributed by atoms with Crippen LogP contribution in [0, 0.1) is 0 Å². The number of amides is 1. The van der Waals surface area contributed by atoms with E-state index < -0.39 is 17.7 Å². The summed E-state index contributed by atoms with van der Waals surface area (Å²) >= 11 is 0. The van der Waals surface area contributed by atoms with Crippen LogP contribution in [0.3, 0.4) is 0 Å². The maximum Gasteiger partial charge on any atom is 0.300 e. The van der Waals surface area contributed by atoms with Crippen molar-refractivity contribution in [3.05, 3.63) is 89.3 Å². The molecule has 0 bridgehead atoms. The van der Waals surface area contributed by atoms with Crippen molar-refractivity contribution in [2.45, 2.75) is 25.8 Å². The number of benzene rings is 2. The Kier molecular flexibility index (Phi) is 6.36. The van der Waals surface area contributed by atoms with Gasteiger partial charge in [-0.15, -0.1) is 0 Å². The van der Waals surface area contributed by atoms with Gasteiger partial charge in [0.15, 0.2) is 0 Å². The summed E-state index contributed by atoms with van der Waals surface area (Å²) in [5, 5.41) is 11.4. The number of hydrogen-bond donors (Lipinski definition) is 1. The summed E-state index contributed by atoms with van der Waals surface area (Å²) in [6.07, 6.45) is 1.59. The summed E-state index contributed by atoms with van der Waals surface area (Å²) in [6.45, 7) is 4.16. The molecule has 3 aromatic rings. The number of ether oxygens (including phenoxy) is 2. The lowest BCUT2D eigenvalue weighted by Gasteiger charge is -2.25. The molecule has 1 unspecified atom stereocenters. The van der Waals surface area contributed by atoms with Crippen molar-refractivity contribution in [2.24, 2.45) is 0 Å². The Balaban J connectivity index is 1.94. The molecule has 0 radical (unpaired) electrons. The van der Waals surface area contributed by atoms with Gasteiger partial charge in [0.2, 0.25) is 0 Å². The second-order valence-electron chi connectivity index (χ2n) is 8.24. The number of methoxy groups -OCH3 is 2. The number of Topliss-reactive ketones (excluding diaryl/α,β-unsaturated/α-hetero) is 1. The molecule has 7 nitrogen and oxygen atoms in total. The van der Waals surface area contributed by atoms with Crippen molar-refractivity contribution in [3.8, 4) is 11.5 Å². The molecular weight excluding hydrogens is 432 g/mol. The normalized spacial score (nSPS) is 17.3. The molecule has 1 aromatic heterocycles. The summed E-state index contributed by atoms with van der Waals surface area (Å²) in [6, 6.07) is 16.7. The van der Waals surface area contributed by atoms with Gasteiger partial charge in [-0.1, -0.05) is 32.0 Å². The van der Waals surface area contributed by atoms with Crippen molar-refractivity contribution in [2.75, 3.05) is 19.1 Å². The first-order valence-electron chi connectivity index (χ1n) is 10.9. The van der Waals surface area contributed by atoms with E-state index in [0.29, 0.717) is 28.8 Å². The maximum absolute atomic E-state index is 13.3. The van der Waals surface area contributed by atoms with Crippen LogP contribution in [0.4, 0.5) is 5.69 Å². The second kappa shape index (κ2) is 9.39. The van der Waals surface area contributed by atoms with E-state index >= 15 is 0 Å². The Labute approximate surface area is 198 Å². The highest BCUT2D eigenvalue weighted by Crippen LogP contribution is 2.43. The van der Waals surface area contributed by atoms with Crippen molar-refractivity contribution in [1.82, 2.24) is 4.98 Å². The zero-order valence-electron chi connectivity index (χ0n) is 19.5. The third-order valence-electron chi connectivity index (χ3n) is 5.91. The fourth-order valence-corrected chi connectivity index (χ4v) is 4.08. The zero-order valence-corrected chi connectivity index (χ0v) is 19.5. The molecule has 2 heterocycles. The molecule has 1 atom stereocenters. The highest BCUT2D eigenvalue weighted by Gasteiger charge is 2.47. The number of anilines is 1. The van der Waals surface area contributed by atoms with Crippen LogP contribution in [0.25, 0.3) is 5.76 Å². The molecule has 1 saturated heterocycles. The van der Waals surface area contributed by atoms with Crippen LogP contribution in [0.15, 0.2) is 72.4 Å². The predicted molar refractivity (Wildman–Crippen MR) is 129 cm³/mol. The van der Waals surface area contributed by atoms with Crippen molar-refractivity contribution in [1.29, 1.82) is 0 Å². The average molecular weight is 459 g/mol. The lowest BCUT2D eigenvalue weighted by atomic mass is 9.97. The van der Waals surface area contributed by atoms with Gasteiger partial charge in [-0.2, -0.15) is 0 Å². The Bertz CT molecular complexity index is 1250. The first kappa shape index (κ1) is 23.0. The van der Waals surface area contributed by atoms with Crippen LogP contribution >= 0.6 is 0 Å². The fraction of sp³-hybridized carbons (Fsp3) is 0.222. The number of aliphatic hydroxyl groups is 1. The first-order chi connectivity index (χ1) is 16.4. The fourth-order valence-electron chi connectivity index (χ4n) is 4.08. The monoisotopic (exact) mass is 458 g/mol. The van der Waals surface area contributed by atoms with E-state index in [2.05, 4.69) is 18.8 Å². The first-order valence-corrected chi connectivity index (χ1v) is 10.9. The van der Waals surface area contributed by atoms with Gasteiger partial charge in [0.25, 0.3) is 11.7 Å². The summed E-state index contributed by atoms with van der Waals surface area (Å²) in [5.41, 5.74) is 2.28. The van der Waals surface area contributed by atoms with Crippen LogP contribution in [-0.2, 0) is 9.59 Å². The van der Waals surface area contributed by atoms with Crippen molar-refractivity contribution in [3.63, 3.8) is 0 Å². The van der Waals surface area contributed by atoms with E-state index in [1.165, 1.54) is 19.1 Å². The maximum atomic E-state index is 13.3. The number of pyridine rings is 1. The number of ketones is 1. The molecular formula is C27H26N2O5. The molecule has 1 aliphatic rings. The molecule has 2 aromatic carbocycles. The number of hydrogen-bond acceptors (Lipinski definition) is 6. The summed E-state index contributed by atoms with van der Waals surface area (Å²) in [7, 11) is 2.96. The third kappa shape index (κ3) is 4.01. The largest absolute Gasteiger partial charge is 0.507 e. The van der Waals surface area contributed by atoms with Gasteiger partial charge in [0, 0.05) is 11.9 Å². The van der Waals surface area contributed by atoms with Crippen LogP contribution in [0.1, 0.15) is 42.6 Å². The Hall–Kier alpha value is -4.13. The Morgan fingerprint density at radius 2 is 1.74 bits per heavy atom. The van der Waals surface area contributed by atoms with Crippen LogP contribution in [0.2, 0.25) is 0 Å². The molecule has 1 N–H and O–H groups in total. The molecule has 1 aliphatic heterocycles. The minimum Gasteiger partial charge on any atom is -0.507 e. The molecule has 34 heavy (non-hydrogen) atoms. The SMILES string of the molecule is COc1ccc(OC)c(/C(O)=C2\C(=O)C(=O)N(c3ccc(C(C)C)cc3)C2c2ccccn2)c1. The smallest absolute Gasteiger partial charge is 0.300 e. The van der Waals surface area contributed by atoms with Crippen LogP contribution < -0.4 is 14.4 Å². The number of carbonyl (C=O) groups is 2. The molecule has 0 aliphatic carbocycles. The Morgan fingerprint density at radius 1 is 1.00 bits per heavy atom. The number of aliphatic hydroxyl groups excluding tert-OH is 1. The van der Waals surface area contributed by atoms with Gasteiger partial charge in [0.05, 0.1) is 31.1 Å². The highest BCUT2D eigenvalue weighted by molar-refractivity contribution is 6.51. The lowest BCUT2D eigenvalue weighted by molar-refractivity contribution is -0.132. The van der Waals surface area contributed by atoms with Gasteiger partial charge in [-0.05, 0) is 53.9 Å². The van der Waals surface area contributed by atoms with E-state index in [4.69, 9.17) is 9.47 Å². The van der Waals surface area contributed by atoms with Crippen LogP contribution in [0.5, 0.6) is 11.5 Å². The summed E-state index contributed by atoms with van der Waals surface area (Å²) in [5.74, 6) is -0.772. The van der Waals surface area contributed by atoms with Crippen molar-refractivity contribution < 1.29 is 24.2 Å². The van der Waals surface area contributed by atoms with E-state index in [1.807, 2.05) is 24.3 Å². The molecule has 7 heteroatoms. The Morgan fingerprint density at radius 3 is 2.32 bits per heavy atom. The van der Waals surface area contributed by atoms with Gasteiger partial charge < -0.3 is 14.6 Å². The highest BCUT2D eigenvalue weighted by atomic mass is 16.5. The van der Waals surface area contributed by atoms with Gasteiger partial charge in [-0.25, -0.2) is 0 Å². The van der Waals surface area contributed by atoms with Crippen LogP contribution in [-0.4, -0.2) is 36.0 Å². The quantitative estimate of drug-likeness (QED) is 0.323. The molecule has 174 valence electrons. The number of nitrogens with zero attached hydrogens (tertiary/aromatic N) is 2. The predicted octanol–water partition coefficient (Wildman–Crippen LogP) is 4.85. The van der Waals surface area contributed by atoms with Gasteiger partial charge in [0.1, 0.15) is 23.3 Å². The standard InChI is InChI=1S/C27H26N2O5/c1-16(2)17-8-10-18(11-9-17)29-24(21-7-5-6-14-28-21)23(26(31)27(29)32)25(30)20-15-19(33-3)12-13-22(20)34-4/h5-16,24,30H,1-4H3/b25-23+. The molecule has 0 spiro atoms. The number of rotatable bonds is 6. The molecule has 0 saturated carbocycles. The van der Waals surface area contributed by atoms with E-state index in [1.54, 1.807) is 42.6 Å². The molecule has 1 fully saturated rings. The third-order valence-corrected chi connectivity index (χ3v) is 5.91. The topological polar surface area (TPSA) is 89.0 Å². The van der Waals surface area contributed by atoms with Crippen molar-refractivity contribution >= 4 is 23.1 Å². The average Bonchev–Trinajstić information content (AvgIpc) is 3.14. The molecule has 4 rings (SSSR count). The van der Waals surface area contributed by atoms with E-state index in [0.717, 1.165) is 5.56 Å².